The van der Waals surface area contributed by atoms with Gasteiger partial charge in [-0.2, -0.15) is 9.89 Å². The summed E-state index contributed by atoms with van der Waals surface area (Å²) >= 11 is 0. The molecule has 6 nitrogen and oxygen atoms in total. The molecule has 0 atom stereocenters. The van der Waals surface area contributed by atoms with Crippen molar-refractivity contribution >= 4 is 17.0 Å². The second-order valence-electron chi connectivity index (χ2n) is 2.95. The molecular formula is C9H10N4O2. The van der Waals surface area contributed by atoms with Crippen molar-refractivity contribution in [3.63, 3.8) is 0 Å². The Kier molecular flexibility index (Phi) is 2.24. The molecule has 0 saturated heterocycles. The minimum Gasteiger partial charge on any atom is -0.462 e. The molecule has 6 heteroatoms. The number of aromatic nitrogens is 3. The van der Waals surface area contributed by atoms with Gasteiger partial charge in [-0.05, 0) is 13.0 Å². The molecule has 2 N–H and O–H groups in total. The van der Waals surface area contributed by atoms with E-state index in [1.54, 1.807) is 19.2 Å². The van der Waals surface area contributed by atoms with Crippen LogP contribution in [-0.2, 0) is 4.74 Å². The van der Waals surface area contributed by atoms with Gasteiger partial charge in [-0.15, -0.1) is 0 Å². The van der Waals surface area contributed by atoms with E-state index in [2.05, 4.69) is 10.1 Å². The van der Waals surface area contributed by atoms with Gasteiger partial charge in [0.1, 0.15) is 0 Å². The van der Waals surface area contributed by atoms with Crippen molar-refractivity contribution in [2.75, 3.05) is 12.4 Å². The fourth-order valence-electron chi connectivity index (χ4n) is 1.27. The average Bonchev–Trinajstić information content (AvgIpc) is 2.60. The lowest BCUT2D eigenvalue weighted by atomic mass is 10.2. The SMILES string of the molecule is CCOC(=O)c1cnc2c(cnn2N)c1. The molecule has 0 bridgehead atoms. The van der Waals surface area contributed by atoms with Crippen molar-refractivity contribution in [3.05, 3.63) is 24.0 Å². The lowest BCUT2D eigenvalue weighted by Crippen LogP contribution is -2.10. The van der Waals surface area contributed by atoms with Crippen molar-refractivity contribution in [1.29, 1.82) is 0 Å². The molecule has 0 aliphatic heterocycles. The van der Waals surface area contributed by atoms with Gasteiger partial charge in [0.05, 0.1) is 18.4 Å². The second kappa shape index (κ2) is 3.56. The largest absolute Gasteiger partial charge is 0.462 e. The van der Waals surface area contributed by atoms with Crippen LogP contribution in [0.15, 0.2) is 18.5 Å². The fourth-order valence-corrected chi connectivity index (χ4v) is 1.27. The summed E-state index contributed by atoms with van der Waals surface area (Å²) in [4.78, 5) is 16.6. The third-order valence-electron chi connectivity index (χ3n) is 1.94. The minimum atomic E-state index is -0.392. The van der Waals surface area contributed by atoms with E-state index in [4.69, 9.17) is 10.6 Å². The molecule has 15 heavy (non-hydrogen) atoms. The molecule has 0 spiro atoms. The number of ether oxygens (including phenoxy) is 1. The Morgan fingerprint density at radius 2 is 2.40 bits per heavy atom. The topological polar surface area (TPSA) is 83.0 Å². The van der Waals surface area contributed by atoms with Crippen LogP contribution in [0.3, 0.4) is 0 Å². The Labute approximate surface area is 85.6 Å². The summed E-state index contributed by atoms with van der Waals surface area (Å²) in [6, 6.07) is 1.65. The van der Waals surface area contributed by atoms with Gasteiger partial charge < -0.3 is 10.6 Å². The Morgan fingerprint density at radius 3 is 3.13 bits per heavy atom. The highest BCUT2D eigenvalue weighted by Crippen LogP contribution is 2.11. The van der Waals surface area contributed by atoms with Gasteiger partial charge in [-0.25, -0.2) is 9.78 Å². The third-order valence-corrected chi connectivity index (χ3v) is 1.94. The van der Waals surface area contributed by atoms with E-state index in [9.17, 15) is 4.79 Å². The standard InChI is InChI=1S/C9H10N4O2/c1-2-15-9(14)7-3-6-5-12-13(10)8(6)11-4-7/h3-5H,2,10H2,1H3. The van der Waals surface area contributed by atoms with Crippen LogP contribution in [0.5, 0.6) is 0 Å². The van der Waals surface area contributed by atoms with Gasteiger partial charge in [0, 0.05) is 11.6 Å². The highest BCUT2D eigenvalue weighted by atomic mass is 16.5. The molecule has 2 heterocycles. The van der Waals surface area contributed by atoms with E-state index in [1.807, 2.05) is 0 Å². The number of carbonyl (C=O) groups excluding carboxylic acids is 1. The van der Waals surface area contributed by atoms with E-state index < -0.39 is 5.97 Å². The quantitative estimate of drug-likeness (QED) is 0.565. The van der Waals surface area contributed by atoms with Crippen molar-refractivity contribution in [1.82, 2.24) is 14.9 Å². The summed E-state index contributed by atoms with van der Waals surface area (Å²) in [7, 11) is 0. The number of pyridine rings is 1. The molecule has 0 radical (unpaired) electrons. The maximum absolute atomic E-state index is 11.4. The second-order valence-corrected chi connectivity index (χ2v) is 2.95. The van der Waals surface area contributed by atoms with Crippen LogP contribution in [0.2, 0.25) is 0 Å². The van der Waals surface area contributed by atoms with Crippen LogP contribution in [0.4, 0.5) is 0 Å². The molecular weight excluding hydrogens is 196 g/mol. The highest BCUT2D eigenvalue weighted by molar-refractivity contribution is 5.92. The maximum Gasteiger partial charge on any atom is 0.339 e. The molecule has 2 aromatic rings. The van der Waals surface area contributed by atoms with Crippen molar-refractivity contribution in [3.8, 4) is 0 Å². The van der Waals surface area contributed by atoms with Crippen LogP contribution in [0.1, 0.15) is 17.3 Å². The average molecular weight is 206 g/mol. The lowest BCUT2D eigenvalue weighted by Gasteiger charge is -2.00. The number of hydrogen-bond acceptors (Lipinski definition) is 5. The molecule has 0 aromatic carbocycles. The zero-order chi connectivity index (χ0) is 10.8. The summed E-state index contributed by atoms with van der Waals surface area (Å²) in [5.41, 5.74) is 0.931. The normalized spacial score (nSPS) is 10.5. The number of carbonyl (C=O) groups is 1. The first-order valence-corrected chi connectivity index (χ1v) is 4.48. The van der Waals surface area contributed by atoms with Crippen molar-refractivity contribution in [2.24, 2.45) is 0 Å². The molecule has 78 valence electrons. The fraction of sp³-hybridized carbons (Fsp3) is 0.222. The monoisotopic (exact) mass is 206 g/mol. The number of fused-ring (bicyclic) bond motifs is 1. The molecule has 0 amide bonds. The highest BCUT2D eigenvalue weighted by Gasteiger charge is 2.09. The summed E-state index contributed by atoms with van der Waals surface area (Å²) < 4.78 is 4.85. The predicted octanol–water partition coefficient (Wildman–Crippen LogP) is 0.322. The van der Waals surface area contributed by atoms with Gasteiger partial charge in [0.2, 0.25) is 0 Å². The first kappa shape index (κ1) is 9.45. The van der Waals surface area contributed by atoms with E-state index in [0.29, 0.717) is 23.2 Å². The predicted molar refractivity (Wildman–Crippen MR) is 53.6 cm³/mol. The minimum absolute atomic E-state index is 0.340. The van der Waals surface area contributed by atoms with Crippen LogP contribution in [0, 0.1) is 0 Å². The first-order valence-electron chi connectivity index (χ1n) is 4.48. The molecule has 0 aliphatic rings. The first-order chi connectivity index (χ1) is 7.22. The van der Waals surface area contributed by atoms with Gasteiger partial charge in [0.25, 0.3) is 0 Å². The Bertz CT molecular complexity index is 506. The van der Waals surface area contributed by atoms with Crippen LogP contribution in [0.25, 0.3) is 11.0 Å². The smallest absolute Gasteiger partial charge is 0.339 e. The molecule has 0 unspecified atom stereocenters. The van der Waals surface area contributed by atoms with Crippen molar-refractivity contribution < 1.29 is 9.53 Å². The molecule has 0 saturated carbocycles. The van der Waals surface area contributed by atoms with E-state index in [0.717, 1.165) is 4.79 Å². The number of hydrogen-bond donors (Lipinski definition) is 1. The Morgan fingerprint density at radius 1 is 1.60 bits per heavy atom. The van der Waals surface area contributed by atoms with E-state index in [-0.39, 0.29) is 0 Å². The molecule has 2 rings (SSSR count). The molecule has 0 fully saturated rings. The Balaban J connectivity index is 2.43. The summed E-state index contributed by atoms with van der Waals surface area (Å²) in [6.07, 6.45) is 2.97. The third kappa shape index (κ3) is 1.61. The van der Waals surface area contributed by atoms with Gasteiger partial charge in [-0.3, -0.25) is 0 Å². The summed E-state index contributed by atoms with van der Waals surface area (Å²) in [6.45, 7) is 2.09. The number of nitrogens with zero attached hydrogens (tertiary/aromatic N) is 3. The van der Waals surface area contributed by atoms with Gasteiger partial charge >= 0.3 is 5.97 Å². The van der Waals surface area contributed by atoms with E-state index in [1.165, 1.54) is 6.20 Å². The van der Waals surface area contributed by atoms with Gasteiger partial charge in [0.15, 0.2) is 5.65 Å². The zero-order valence-electron chi connectivity index (χ0n) is 8.17. The number of esters is 1. The molecule has 2 aromatic heterocycles. The lowest BCUT2D eigenvalue weighted by molar-refractivity contribution is 0.0526. The number of nitrogens with two attached hydrogens (primary N) is 1. The molecule has 0 aliphatic carbocycles. The zero-order valence-corrected chi connectivity index (χ0v) is 8.17. The Hall–Kier alpha value is -2.11. The number of nitrogen functional groups attached to an aromatic ring is 1. The van der Waals surface area contributed by atoms with Crippen molar-refractivity contribution in [2.45, 2.75) is 6.92 Å². The maximum atomic E-state index is 11.4. The van der Waals surface area contributed by atoms with Crippen LogP contribution < -0.4 is 5.84 Å². The van der Waals surface area contributed by atoms with Gasteiger partial charge in [-0.1, -0.05) is 0 Å². The summed E-state index contributed by atoms with van der Waals surface area (Å²) in [5.74, 6) is 5.10. The van der Waals surface area contributed by atoms with E-state index >= 15 is 0 Å². The van der Waals surface area contributed by atoms with Crippen LogP contribution in [-0.4, -0.2) is 27.4 Å². The summed E-state index contributed by atoms with van der Waals surface area (Å²) in [5, 5.41) is 4.53. The van der Waals surface area contributed by atoms with Crippen LogP contribution >= 0.6 is 0 Å². The number of rotatable bonds is 2.